The standard InChI is InChI=1S/C21H21N3O/c1-21(2,3)15-9-7-13(8-10-15)11-16-12-17(25)18-19(14-5-4-6-14)23-24-20(18)22-16/h4-10,12H,11H2,1-3H3,(H2,22,23,24,25). The molecular formula is C21H21N3O. The van der Waals surface area contributed by atoms with Crippen molar-refractivity contribution in [2.24, 2.45) is 0 Å². The third kappa shape index (κ3) is 2.84. The number of hydrogen-bond donors (Lipinski definition) is 2. The maximum absolute atomic E-state index is 12.6. The van der Waals surface area contributed by atoms with Crippen LogP contribution in [0.4, 0.5) is 0 Å². The number of benzene rings is 1. The zero-order chi connectivity index (χ0) is 17.6. The molecule has 0 amide bonds. The van der Waals surface area contributed by atoms with Crippen molar-refractivity contribution in [1.29, 1.82) is 0 Å². The lowest BCUT2D eigenvalue weighted by molar-refractivity contribution is 0.590. The van der Waals surface area contributed by atoms with Crippen molar-refractivity contribution in [3.05, 3.63) is 81.3 Å². The number of pyridine rings is 1. The first-order valence-electron chi connectivity index (χ1n) is 8.50. The molecule has 4 rings (SSSR count). The summed E-state index contributed by atoms with van der Waals surface area (Å²) in [5.74, 6) is 0. The Bertz CT molecular complexity index is 1060. The van der Waals surface area contributed by atoms with Crippen LogP contribution in [0.2, 0.25) is 0 Å². The first-order valence-corrected chi connectivity index (χ1v) is 8.50. The van der Waals surface area contributed by atoms with Crippen molar-refractivity contribution < 1.29 is 0 Å². The second kappa shape index (κ2) is 5.59. The van der Waals surface area contributed by atoms with Crippen LogP contribution in [0.15, 0.2) is 53.4 Å². The molecule has 2 N–H and O–H groups in total. The summed E-state index contributed by atoms with van der Waals surface area (Å²) in [5.41, 5.74) is 5.91. The van der Waals surface area contributed by atoms with Gasteiger partial charge < -0.3 is 4.98 Å². The van der Waals surface area contributed by atoms with E-state index in [1.807, 2.05) is 18.2 Å². The van der Waals surface area contributed by atoms with Crippen LogP contribution in [0, 0.1) is 0 Å². The molecule has 1 aromatic carbocycles. The fraction of sp³-hybridized carbons (Fsp3) is 0.238. The van der Waals surface area contributed by atoms with E-state index < -0.39 is 0 Å². The van der Waals surface area contributed by atoms with E-state index in [1.54, 1.807) is 6.07 Å². The van der Waals surface area contributed by atoms with Gasteiger partial charge in [-0.25, -0.2) is 0 Å². The molecule has 0 saturated heterocycles. The lowest BCUT2D eigenvalue weighted by atomic mass is 9.86. The minimum absolute atomic E-state index is 0.0000108. The molecule has 4 heteroatoms. The average Bonchev–Trinajstić information content (AvgIpc) is 2.89. The van der Waals surface area contributed by atoms with E-state index >= 15 is 0 Å². The Morgan fingerprint density at radius 1 is 1.12 bits per heavy atom. The van der Waals surface area contributed by atoms with Crippen molar-refractivity contribution in [1.82, 2.24) is 15.2 Å². The summed E-state index contributed by atoms with van der Waals surface area (Å²) < 4.78 is 0. The molecule has 25 heavy (non-hydrogen) atoms. The predicted octanol–water partition coefficient (Wildman–Crippen LogP) is 4.09. The van der Waals surface area contributed by atoms with Gasteiger partial charge in [-0.1, -0.05) is 63.3 Å². The van der Waals surface area contributed by atoms with Gasteiger partial charge >= 0.3 is 0 Å². The van der Waals surface area contributed by atoms with Gasteiger partial charge in [0.15, 0.2) is 11.1 Å². The number of nitrogens with zero attached hydrogens (tertiary/aromatic N) is 1. The Morgan fingerprint density at radius 2 is 1.84 bits per heavy atom. The smallest absolute Gasteiger partial charge is 0.193 e. The SMILES string of the molecule is CC(C)(C)c1ccc(Cc2cc(=O)c3c(C4=CC=C4)[nH]nc3[nH]2)cc1. The molecule has 0 spiro atoms. The highest BCUT2D eigenvalue weighted by Gasteiger charge is 2.16. The number of fused-ring (bicyclic) bond motifs is 1. The van der Waals surface area contributed by atoms with Crippen LogP contribution in [0.5, 0.6) is 0 Å². The molecule has 0 unspecified atom stereocenters. The van der Waals surface area contributed by atoms with Gasteiger partial charge in [0, 0.05) is 23.8 Å². The molecule has 2 aromatic heterocycles. The van der Waals surface area contributed by atoms with Crippen LogP contribution in [0.25, 0.3) is 16.6 Å². The van der Waals surface area contributed by atoms with Gasteiger partial charge in [-0.05, 0) is 16.5 Å². The minimum Gasteiger partial charge on any atom is -0.341 e. The molecule has 126 valence electrons. The maximum Gasteiger partial charge on any atom is 0.193 e. The number of rotatable bonds is 3. The molecule has 1 aliphatic rings. The molecule has 0 atom stereocenters. The number of hydrogen-bond acceptors (Lipinski definition) is 2. The lowest BCUT2D eigenvalue weighted by Crippen LogP contribution is -2.11. The van der Waals surface area contributed by atoms with Crippen molar-refractivity contribution in [3.8, 4) is 0 Å². The van der Waals surface area contributed by atoms with Gasteiger partial charge in [0.1, 0.15) is 0 Å². The fourth-order valence-corrected chi connectivity index (χ4v) is 3.10. The van der Waals surface area contributed by atoms with Gasteiger partial charge in [0.25, 0.3) is 0 Å². The molecule has 0 radical (unpaired) electrons. The summed E-state index contributed by atoms with van der Waals surface area (Å²) in [5, 5.41) is 7.87. The lowest BCUT2D eigenvalue weighted by Gasteiger charge is -2.19. The van der Waals surface area contributed by atoms with Gasteiger partial charge in [-0.15, -0.1) is 0 Å². The van der Waals surface area contributed by atoms with Crippen LogP contribution in [-0.2, 0) is 11.8 Å². The van der Waals surface area contributed by atoms with E-state index in [2.05, 4.69) is 60.2 Å². The minimum atomic E-state index is 0.0000108. The molecule has 3 aromatic rings. The van der Waals surface area contributed by atoms with Gasteiger partial charge in [0.05, 0.1) is 11.1 Å². The quantitative estimate of drug-likeness (QED) is 0.759. The van der Waals surface area contributed by atoms with Crippen molar-refractivity contribution in [2.75, 3.05) is 0 Å². The van der Waals surface area contributed by atoms with E-state index in [0.29, 0.717) is 17.5 Å². The van der Waals surface area contributed by atoms with Crippen molar-refractivity contribution >= 4 is 16.6 Å². The third-order valence-electron chi connectivity index (χ3n) is 4.65. The second-order valence-corrected chi connectivity index (χ2v) is 7.59. The normalized spacial score (nSPS) is 13.8. The summed E-state index contributed by atoms with van der Waals surface area (Å²) in [7, 11) is 0. The topological polar surface area (TPSA) is 61.5 Å². The first kappa shape index (κ1) is 15.6. The Balaban J connectivity index is 1.65. The number of H-pyrrole nitrogens is 2. The Morgan fingerprint density at radius 3 is 2.44 bits per heavy atom. The Hall–Kier alpha value is -2.88. The fourth-order valence-electron chi connectivity index (χ4n) is 3.10. The monoisotopic (exact) mass is 331 g/mol. The molecule has 0 bridgehead atoms. The molecule has 4 nitrogen and oxygen atoms in total. The van der Waals surface area contributed by atoms with Crippen LogP contribution >= 0.6 is 0 Å². The Kier molecular flexibility index (Phi) is 3.49. The molecule has 0 aliphatic heterocycles. The predicted molar refractivity (Wildman–Crippen MR) is 102 cm³/mol. The Labute approximate surface area is 146 Å². The van der Waals surface area contributed by atoms with Crippen LogP contribution in [0.3, 0.4) is 0 Å². The van der Waals surface area contributed by atoms with Gasteiger partial charge in [-0.2, -0.15) is 5.10 Å². The number of nitrogens with one attached hydrogen (secondary N) is 2. The van der Waals surface area contributed by atoms with Crippen LogP contribution < -0.4 is 5.43 Å². The van der Waals surface area contributed by atoms with Gasteiger partial charge in [0.2, 0.25) is 0 Å². The molecule has 0 saturated carbocycles. The molecule has 1 aliphatic carbocycles. The van der Waals surface area contributed by atoms with Crippen molar-refractivity contribution in [2.45, 2.75) is 32.6 Å². The zero-order valence-electron chi connectivity index (χ0n) is 14.7. The summed E-state index contributed by atoms with van der Waals surface area (Å²) >= 11 is 0. The average molecular weight is 331 g/mol. The number of aromatic nitrogens is 3. The highest BCUT2D eigenvalue weighted by Crippen LogP contribution is 2.25. The van der Waals surface area contributed by atoms with Crippen LogP contribution in [0.1, 0.15) is 43.3 Å². The second-order valence-electron chi connectivity index (χ2n) is 7.59. The van der Waals surface area contributed by atoms with E-state index in [4.69, 9.17) is 0 Å². The summed E-state index contributed by atoms with van der Waals surface area (Å²) in [6, 6.07) is 10.3. The number of allylic oxidation sites excluding steroid dienone is 4. The van der Waals surface area contributed by atoms with Crippen molar-refractivity contribution in [3.63, 3.8) is 0 Å². The third-order valence-corrected chi connectivity index (χ3v) is 4.65. The van der Waals surface area contributed by atoms with E-state index in [0.717, 1.165) is 17.0 Å². The van der Waals surface area contributed by atoms with E-state index in [9.17, 15) is 4.79 Å². The molecular weight excluding hydrogens is 310 g/mol. The number of aromatic amines is 2. The zero-order valence-corrected chi connectivity index (χ0v) is 14.7. The summed E-state index contributed by atoms with van der Waals surface area (Å²) in [6.45, 7) is 6.61. The maximum atomic E-state index is 12.6. The summed E-state index contributed by atoms with van der Waals surface area (Å²) in [6.07, 6.45) is 6.57. The van der Waals surface area contributed by atoms with E-state index in [-0.39, 0.29) is 10.8 Å². The molecule has 0 fully saturated rings. The highest BCUT2D eigenvalue weighted by molar-refractivity contribution is 5.93. The molecule has 2 heterocycles. The van der Waals surface area contributed by atoms with Crippen LogP contribution in [-0.4, -0.2) is 15.2 Å². The largest absolute Gasteiger partial charge is 0.341 e. The summed E-state index contributed by atoms with van der Waals surface area (Å²) in [4.78, 5) is 15.9. The van der Waals surface area contributed by atoms with E-state index in [1.165, 1.54) is 11.1 Å². The highest BCUT2D eigenvalue weighted by atomic mass is 16.1. The first-order chi connectivity index (χ1) is 11.9. The van der Waals surface area contributed by atoms with Gasteiger partial charge in [-0.3, -0.25) is 9.89 Å².